The zero-order valence-electron chi connectivity index (χ0n) is 63.0. The van der Waals surface area contributed by atoms with Crippen molar-refractivity contribution < 1.29 is 237 Å². The number of nitrogens with one attached hydrogen (secondary N) is 4. The molecule has 4 amide bonds. The van der Waals surface area contributed by atoms with E-state index in [0.717, 1.165) is 27.7 Å². The van der Waals surface area contributed by atoms with E-state index in [-0.39, 0.29) is 0 Å². The molecule has 117 heavy (non-hydrogen) atoms. The predicted molar refractivity (Wildman–Crippen MR) is 359 cm³/mol. The molecule has 0 unspecified atom stereocenters. The van der Waals surface area contributed by atoms with Gasteiger partial charge in [-0.05, 0) is 6.92 Å². The second-order valence-corrected chi connectivity index (χ2v) is 29.7. The van der Waals surface area contributed by atoms with Gasteiger partial charge in [0, 0.05) is 34.1 Å². The van der Waals surface area contributed by atoms with Crippen molar-refractivity contribution in [2.75, 3.05) is 52.9 Å². The van der Waals surface area contributed by atoms with Crippen molar-refractivity contribution in [1.82, 2.24) is 21.3 Å². The number of carbonyl (C=O) groups excluding carboxylic acids is 4. The van der Waals surface area contributed by atoms with Crippen LogP contribution in [0.2, 0.25) is 0 Å². The smallest absolute Gasteiger partial charge is 0.364 e. The van der Waals surface area contributed by atoms with Crippen LogP contribution < -0.4 is 21.3 Å². The van der Waals surface area contributed by atoms with Crippen molar-refractivity contribution in [3.63, 3.8) is 0 Å². The van der Waals surface area contributed by atoms with Crippen LogP contribution in [0.5, 0.6) is 0 Å². The van der Waals surface area contributed by atoms with E-state index in [9.17, 15) is 157 Å². The molecule has 0 radical (unpaired) electrons. The second-order valence-electron chi connectivity index (χ2n) is 29.7. The summed E-state index contributed by atoms with van der Waals surface area (Å²) in [6.45, 7) is -3.81. The molecule has 30 N–H and O–H groups in total. The van der Waals surface area contributed by atoms with Crippen LogP contribution >= 0.6 is 0 Å². The van der Waals surface area contributed by atoms with Crippen molar-refractivity contribution in [2.45, 2.75) is 323 Å². The number of carboxylic acid groups (broad SMARTS) is 1. The molecule has 9 rings (SSSR count). The minimum atomic E-state index is -3.08. The van der Waals surface area contributed by atoms with Gasteiger partial charge in [0.15, 0.2) is 50.3 Å². The van der Waals surface area contributed by atoms with Gasteiger partial charge in [-0.15, -0.1) is 0 Å². The van der Waals surface area contributed by atoms with E-state index in [1.54, 1.807) is 0 Å². The molecule has 0 aliphatic carbocycles. The minimum Gasteiger partial charge on any atom is -0.477 e. The van der Waals surface area contributed by atoms with E-state index in [1.165, 1.54) is 6.92 Å². The quantitative estimate of drug-likeness (QED) is 0.0306. The number of rotatable bonds is 31. The van der Waals surface area contributed by atoms with E-state index in [1.807, 2.05) is 0 Å². The summed E-state index contributed by atoms with van der Waals surface area (Å²) in [6.07, 6.45) is -86.9. The van der Waals surface area contributed by atoms with Crippen LogP contribution in [0, 0.1) is 0 Å². The summed E-state index contributed by atoms with van der Waals surface area (Å²) in [5.74, 6) is -8.76. The van der Waals surface area contributed by atoms with Gasteiger partial charge >= 0.3 is 5.97 Å². The van der Waals surface area contributed by atoms with E-state index in [4.69, 9.17) is 80.5 Å². The highest BCUT2D eigenvalue weighted by molar-refractivity contribution is 5.77. The third-order valence-corrected chi connectivity index (χ3v) is 21.3. The fraction of sp³-hybridized carbons (Fsp3) is 0.923. The molecule has 0 bridgehead atoms. The standard InChI is InChI=1S/C65H108N4O48/c1-15-33(81)42(90)46(94)59(104-15)102-13-28-52(39(87)30(56(98)105-28)67-17(3)76)112-57-31(68-18(4)77)40(88)51(25(11-74)108-57)114-62-49(97)54(38(86)26(110-62)12-101-60-47(95)43(91)35(83)22(8-71)106-60)115-63-55(45(93)36(84)23(9-72)107-63)116-58-32(69-19(5)78)41(89)50(24(10-73)109-58)113-61-48(96)44(92)37(85)27(111-61)14-103-65(64(99)100)6-20(79)29(66-16(2)75)53(117-65)34(82)21(80)7-70/h15,20-63,70-74,79-98H,6-14H2,1-5H3,(H,66,75)(H,67,76)(H,68,77)(H,69,78)(H,99,100)/t15-,20-,21+,22+,23+,24+,25+,26+,27+,28+,29+,30+,31+,32+,33+,34+,35+,36+,37-,38+,39+,40+,41+,42+,43-,44-,45-,46-,47-,48+,49-,50+,51+,52+,53+,54-,55-,56+,57-,58-,59+,60-,61-,62-,63+,65+/m0/s1. The normalized spacial score (nSPS) is 47.9. The van der Waals surface area contributed by atoms with Crippen LogP contribution in [0.3, 0.4) is 0 Å². The third-order valence-electron chi connectivity index (χ3n) is 21.3. The molecule has 9 aliphatic rings. The number of amides is 4. The Kier molecular flexibility index (Phi) is 34.2. The Labute approximate surface area is 662 Å². The van der Waals surface area contributed by atoms with Crippen LogP contribution in [0.25, 0.3) is 0 Å². The molecule has 9 heterocycles. The molecule has 9 saturated heterocycles. The molecule has 0 saturated carbocycles. The Balaban J connectivity index is 0.983. The Morgan fingerprint density at radius 1 is 0.368 bits per heavy atom. The summed E-state index contributed by atoms with van der Waals surface area (Å²) >= 11 is 0. The Morgan fingerprint density at radius 3 is 1.24 bits per heavy atom. The monoisotopic (exact) mass is 1710 g/mol. The number of ether oxygens (including phenoxy) is 17. The first-order chi connectivity index (χ1) is 55.1. The van der Waals surface area contributed by atoms with Gasteiger partial charge < -0.3 is 235 Å². The first kappa shape index (κ1) is 96.5. The van der Waals surface area contributed by atoms with E-state index < -0.39 is 371 Å². The lowest BCUT2D eigenvalue weighted by Gasteiger charge is -2.51. The number of aliphatic hydroxyl groups excluding tert-OH is 25. The SMILES string of the molecule is CC(=O)N[C@@H]1[C@@H](O)[C@H](O[C@@H]2O[C@H](CO)[C@@H](O[C@@H]3O[C@H](CO[C@H]4O[C@H](CO)[C@@H](O)[C@H](O)[C@@H]4O)[C@@H](O)[C@H](O[C@H]4O[C@H](CO)[C@@H](O)[C@H](O)[C@@H]4O[C@@H]4O[C@H](CO)[C@@H](O[C@@H]5O[C@H](CO[C@]6(C(=O)O)C[C@H](O)[C@@H](NC(C)=O)[C@H]([C@H](O)[C@H](O)CO)O6)[C@H](O)[C@H](O)[C@H]5O)[C@H](O)[C@H]4NC(C)=O)[C@@H]3O)[C@H](O)[C@H]2NC(C)=O)[C@@H](CO[C@@H]2O[C@@H](C)[C@@H](O)[C@@H](O)[C@@H]2O)O[C@H]1O. The highest BCUT2D eigenvalue weighted by atomic mass is 16.8. The Hall–Kier alpha value is -4.33. The average molecular weight is 1710 g/mol. The molecule has 9 aliphatic heterocycles. The van der Waals surface area contributed by atoms with Crippen LogP contribution in [0.15, 0.2) is 0 Å². The lowest BCUT2D eigenvalue weighted by atomic mass is 9.88. The number of carboxylic acids is 1. The summed E-state index contributed by atoms with van der Waals surface area (Å²) in [6, 6.07) is -7.43. The summed E-state index contributed by atoms with van der Waals surface area (Å²) in [5.41, 5.74) is 0. The molecule has 0 aromatic carbocycles. The molecule has 0 aromatic heterocycles. The molecule has 52 heteroatoms. The molecule has 46 atom stereocenters. The molecule has 0 aromatic rings. The van der Waals surface area contributed by atoms with Gasteiger partial charge in [-0.1, -0.05) is 0 Å². The van der Waals surface area contributed by atoms with Gasteiger partial charge in [0.25, 0.3) is 5.79 Å². The summed E-state index contributed by atoms with van der Waals surface area (Å²) in [4.78, 5) is 63.6. The van der Waals surface area contributed by atoms with Crippen molar-refractivity contribution >= 4 is 29.6 Å². The summed E-state index contributed by atoms with van der Waals surface area (Å²) in [7, 11) is 0. The van der Waals surface area contributed by atoms with Gasteiger partial charge in [-0.25, -0.2) is 4.79 Å². The predicted octanol–water partition coefficient (Wildman–Crippen LogP) is -19.8. The number of aliphatic carboxylic acids is 1. The molecular weight excluding hydrogens is 1600 g/mol. The van der Waals surface area contributed by atoms with E-state index in [2.05, 4.69) is 21.3 Å². The average Bonchev–Trinajstić information content (AvgIpc) is 0.765. The maximum atomic E-state index is 13.1. The second kappa shape index (κ2) is 41.4. The largest absolute Gasteiger partial charge is 0.477 e. The Bertz CT molecular complexity index is 3190. The zero-order valence-corrected chi connectivity index (χ0v) is 63.0. The third kappa shape index (κ3) is 21.5. The highest BCUT2D eigenvalue weighted by Gasteiger charge is 2.62. The van der Waals surface area contributed by atoms with Crippen molar-refractivity contribution in [2.24, 2.45) is 0 Å². The van der Waals surface area contributed by atoms with E-state index >= 15 is 0 Å². The summed E-state index contributed by atoms with van der Waals surface area (Å²) < 4.78 is 99.7. The number of aliphatic hydroxyl groups is 25. The molecule has 9 fully saturated rings. The number of hydrogen-bond donors (Lipinski definition) is 30. The van der Waals surface area contributed by atoms with Gasteiger partial charge in [0.2, 0.25) is 23.6 Å². The fourth-order valence-corrected chi connectivity index (χ4v) is 14.9. The molecule has 52 nitrogen and oxygen atoms in total. The number of carbonyl (C=O) groups is 5. The lowest BCUT2D eigenvalue weighted by Crippen LogP contribution is -2.71. The van der Waals surface area contributed by atoms with Gasteiger partial charge in [-0.3, -0.25) is 19.2 Å². The zero-order chi connectivity index (χ0) is 86.6. The van der Waals surface area contributed by atoms with Crippen molar-refractivity contribution in [3.8, 4) is 0 Å². The number of hydrogen-bond acceptors (Lipinski definition) is 47. The van der Waals surface area contributed by atoms with Gasteiger partial charge in [0.1, 0.15) is 207 Å². The summed E-state index contributed by atoms with van der Waals surface area (Å²) in [5, 5.41) is 297. The molecular formula is C65H108N4O48. The molecule has 676 valence electrons. The topological polar surface area (TPSA) is 816 Å². The van der Waals surface area contributed by atoms with Crippen molar-refractivity contribution in [1.29, 1.82) is 0 Å². The van der Waals surface area contributed by atoms with Crippen LogP contribution in [0.4, 0.5) is 0 Å². The van der Waals surface area contributed by atoms with Gasteiger partial charge in [-0.2, -0.15) is 0 Å². The first-order valence-corrected chi connectivity index (χ1v) is 37.1. The highest BCUT2D eigenvalue weighted by Crippen LogP contribution is 2.41. The molecule has 0 spiro atoms. The van der Waals surface area contributed by atoms with Crippen LogP contribution in [-0.4, -0.2) is 497 Å². The maximum absolute atomic E-state index is 13.1. The minimum absolute atomic E-state index is 0.827. The Morgan fingerprint density at radius 2 is 0.744 bits per heavy atom. The van der Waals surface area contributed by atoms with Crippen LogP contribution in [0.1, 0.15) is 41.0 Å². The van der Waals surface area contributed by atoms with Crippen LogP contribution in [-0.2, 0) is 104 Å². The maximum Gasteiger partial charge on any atom is 0.364 e. The lowest BCUT2D eigenvalue weighted by molar-refractivity contribution is -0.398. The first-order valence-electron chi connectivity index (χ1n) is 37.1. The van der Waals surface area contributed by atoms with E-state index in [0.29, 0.717) is 0 Å². The van der Waals surface area contributed by atoms with Crippen molar-refractivity contribution in [3.05, 3.63) is 0 Å². The van der Waals surface area contributed by atoms with Gasteiger partial charge in [0.05, 0.1) is 71.1 Å². The fourth-order valence-electron chi connectivity index (χ4n) is 14.9.